The number of rotatable bonds is 7. The molecule has 0 aliphatic rings. The highest BCUT2D eigenvalue weighted by atomic mass is 19.3. The van der Waals surface area contributed by atoms with E-state index in [4.69, 9.17) is 0 Å². The second-order valence-electron chi connectivity index (χ2n) is 3.18. The Balaban J connectivity index is 4.19. The van der Waals surface area contributed by atoms with Crippen molar-refractivity contribution in [3.05, 3.63) is 0 Å². The molecule has 0 aromatic rings. The van der Waals surface area contributed by atoms with Crippen molar-refractivity contribution in [3.63, 3.8) is 0 Å². The number of Topliss-reactive ketones (excluding diaryl/α,β-unsaturated/α-hetero) is 1. The Morgan fingerprint density at radius 1 is 1.20 bits per heavy atom. The summed E-state index contributed by atoms with van der Waals surface area (Å²) in [4.78, 5) is 21.8. The Kier molecular flexibility index (Phi) is 6.05. The van der Waals surface area contributed by atoms with Crippen LogP contribution in [0.15, 0.2) is 0 Å². The van der Waals surface area contributed by atoms with Gasteiger partial charge in [-0.1, -0.05) is 19.8 Å². The molecule has 0 unspecified atom stereocenters. The lowest BCUT2D eigenvalue weighted by Crippen LogP contribution is -2.39. The molecule has 0 heterocycles. The van der Waals surface area contributed by atoms with E-state index in [2.05, 4.69) is 4.74 Å². The van der Waals surface area contributed by atoms with Gasteiger partial charge in [-0.15, -0.1) is 0 Å². The number of esters is 1. The summed E-state index contributed by atoms with van der Waals surface area (Å²) in [5.74, 6) is -7.08. The zero-order valence-corrected chi connectivity index (χ0v) is 9.02. The molecular weight excluding hydrogens is 206 g/mol. The number of hydrogen-bond acceptors (Lipinski definition) is 3. The van der Waals surface area contributed by atoms with E-state index in [9.17, 15) is 18.4 Å². The van der Waals surface area contributed by atoms with Crippen molar-refractivity contribution in [2.45, 2.75) is 45.5 Å². The number of halogens is 2. The molecule has 5 heteroatoms. The summed E-state index contributed by atoms with van der Waals surface area (Å²) in [5.41, 5.74) is 0. The fraction of sp³-hybridized carbons (Fsp3) is 0.800. The molecule has 0 aromatic carbocycles. The number of ketones is 1. The van der Waals surface area contributed by atoms with Crippen LogP contribution in [0.2, 0.25) is 0 Å². The lowest BCUT2D eigenvalue weighted by atomic mass is 10.1. The van der Waals surface area contributed by atoms with Crippen LogP contribution in [0, 0.1) is 0 Å². The minimum absolute atomic E-state index is 0.156. The summed E-state index contributed by atoms with van der Waals surface area (Å²) in [6.07, 6.45) is 1.63. The molecule has 0 rings (SSSR count). The summed E-state index contributed by atoms with van der Waals surface area (Å²) in [6.45, 7) is 3.15. The summed E-state index contributed by atoms with van der Waals surface area (Å²) < 4.78 is 30.1. The molecule has 0 aromatic heterocycles. The molecule has 88 valence electrons. The first kappa shape index (κ1) is 14.0. The minimum Gasteiger partial charge on any atom is -0.461 e. The van der Waals surface area contributed by atoms with Gasteiger partial charge < -0.3 is 4.74 Å². The highest BCUT2D eigenvalue weighted by molar-refractivity contribution is 6.05. The maximum Gasteiger partial charge on any atom is 0.399 e. The first-order valence-corrected chi connectivity index (χ1v) is 5.05. The molecule has 15 heavy (non-hydrogen) atoms. The Morgan fingerprint density at radius 3 is 2.27 bits per heavy atom. The van der Waals surface area contributed by atoms with Crippen molar-refractivity contribution in [3.8, 4) is 0 Å². The van der Waals surface area contributed by atoms with E-state index < -0.39 is 17.7 Å². The quantitative estimate of drug-likeness (QED) is 0.377. The molecule has 0 amide bonds. The van der Waals surface area contributed by atoms with Gasteiger partial charge in [0.25, 0.3) is 0 Å². The van der Waals surface area contributed by atoms with Crippen LogP contribution in [-0.4, -0.2) is 24.3 Å². The average molecular weight is 222 g/mol. The van der Waals surface area contributed by atoms with Gasteiger partial charge in [-0.05, 0) is 13.3 Å². The molecular formula is C10H16F2O3. The van der Waals surface area contributed by atoms with Crippen molar-refractivity contribution >= 4 is 11.8 Å². The summed E-state index contributed by atoms with van der Waals surface area (Å²) in [7, 11) is 0. The van der Waals surface area contributed by atoms with Crippen LogP contribution in [-0.2, 0) is 14.3 Å². The number of carbonyl (C=O) groups is 2. The molecule has 0 N–H and O–H groups in total. The van der Waals surface area contributed by atoms with Gasteiger partial charge in [0, 0.05) is 6.42 Å². The van der Waals surface area contributed by atoms with Crippen LogP contribution in [0.5, 0.6) is 0 Å². The van der Waals surface area contributed by atoms with E-state index in [-0.39, 0.29) is 13.0 Å². The molecule has 0 bridgehead atoms. The Morgan fingerprint density at radius 2 is 1.80 bits per heavy atom. The zero-order chi connectivity index (χ0) is 11.9. The molecule has 0 aliphatic carbocycles. The average Bonchev–Trinajstić information content (AvgIpc) is 2.18. The molecule has 0 spiro atoms. The van der Waals surface area contributed by atoms with Gasteiger partial charge in [0.15, 0.2) is 0 Å². The van der Waals surface area contributed by atoms with E-state index in [0.717, 1.165) is 6.42 Å². The Bertz CT molecular complexity index is 227. The van der Waals surface area contributed by atoms with Gasteiger partial charge >= 0.3 is 11.9 Å². The van der Waals surface area contributed by atoms with Gasteiger partial charge in [0.2, 0.25) is 5.78 Å². The molecule has 0 saturated heterocycles. The van der Waals surface area contributed by atoms with Crippen molar-refractivity contribution in [2.24, 2.45) is 0 Å². The smallest absolute Gasteiger partial charge is 0.399 e. The number of ether oxygens (including phenoxy) is 1. The Hall–Kier alpha value is -1.00. The lowest BCUT2D eigenvalue weighted by molar-refractivity contribution is -0.176. The number of hydrogen-bond donors (Lipinski definition) is 0. The largest absolute Gasteiger partial charge is 0.461 e. The van der Waals surface area contributed by atoms with Crippen molar-refractivity contribution in [1.29, 1.82) is 0 Å². The van der Waals surface area contributed by atoms with E-state index in [0.29, 0.717) is 12.8 Å². The summed E-state index contributed by atoms with van der Waals surface area (Å²) in [5, 5.41) is 0. The normalized spacial score (nSPS) is 11.2. The van der Waals surface area contributed by atoms with Gasteiger partial charge in [-0.2, -0.15) is 8.78 Å². The van der Waals surface area contributed by atoms with Gasteiger partial charge in [0.1, 0.15) is 0 Å². The predicted molar refractivity (Wildman–Crippen MR) is 50.7 cm³/mol. The van der Waals surface area contributed by atoms with E-state index in [1.165, 1.54) is 6.92 Å². The van der Waals surface area contributed by atoms with Crippen molar-refractivity contribution in [2.75, 3.05) is 6.61 Å². The lowest BCUT2D eigenvalue weighted by Gasteiger charge is -2.12. The van der Waals surface area contributed by atoms with Crippen LogP contribution in [0.1, 0.15) is 39.5 Å². The molecule has 0 atom stereocenters. The van der Waals surface area contributed by atoms with E-state index in [1.54, 1.807) is 0 Å². The van der Waals surface area contributed by atoms with Crippen LogP contribution in [0.3, 0.4) is 0 Å². The van der Waals surface area contributed by atoms with Crippen LogP contribution < -0.4 is 0 Å². The topological polar surface area (TPSA) is 43.4 Å². The molecule has 0 radical (unpaired) electrons. The maximum absolute atomic E-state index is 13.0. The molecule has 3 nitrogen and oxygen atoms in total. The van der Waals surface area contributed by atoms with Gasteiger partial charge in [0.05, 0.1) is 6.61 Å². The SMILES string of the molecule is CCCCCC(=O)C(F)(F)C(=O)OCC. The van der Waals surface area contributed by atoms with E-state index >= 15 is 0 Å². The van der Waals surface area contributed by atoms with Crippen LogP contribution >= 0.6 is 0 Å². The highest BCUT2D eigenvalue weighted by Gasteiger charge is 2.47. The minimum atomic E-state index is -3.98. The maximum atomic E-state index is 13.0. The number of unbranched alkanes of at least 4 members (excludes halogenated alkanes) is 2. The van der Waals surface area contributed by atoms with Gasteiger partial charge in [-0.3, -0.25) is 4.79 Å². The zero-order valence-electron chi connectivity index (χ0n) is 9.02. The predicted octanol–water partition coefficient (Wildman–Crippen LogP) is 2.33. The van der Waals surface area contributed by atoms with Crippen LogP contribution in [0.25, 0.3) is 0 Å². The fourth-order valence-corrected chi connectivity index (χ4v) is 1.03. The van der Waals surface area contributed by atoms with Crippen LogP contribution in [0.4, 0.5) is 8.78 Å². The first-order valence-electron chi connectivity index (χ1n) is 5.05. The number of alkyl halides is 2. The summed E-state index contributed by atoms with van der Waals surface area (Å²) >= 11 is 0. The Labute approximate surface area is 87.8 Å². The second kappa shape index (κ2) is 6.48. The van der Waals surface area contributed by atoms with Gasteiger partial charge in [-0.25, -0.2) is 4.79 Å². The van der Waals surface area contributed by atoms with Crippen molar-refractivity contribution in [1.82, 2.24) is 0 Å². The second-order valence-corrected chi connectivity index (χ2v) is 3.18. The first-order chi connectivity index (χ1) is 6.96. The third-order valence-electron chi connectivity index (χ3n) is 1.89. The number of carbonyl (C=O) groups excluding carboxylic acids is 2. The molecule has 0 fully saturated rings. The van der Waals surface area contributed by atoms with E-state index in [1.807, 2.05) is 6.92 Å². The molecule has 0 saturated carbocycles. The standard InChI is InChI=1S/C10H16F2O3/c1-3-5-6-7-8(13)10(11,12)9(14)15-4-2/h3-7H2,1-2H3. The summed E-state index contributed by atoms with van der Waals surface area (Å²) in [6, 6.07) is 0. The molecule has 0 aliphatic heterocycles. The monoisotopic (exact) mass is 222 g/mol. The third kappa shape index (κ3) is 4.36. The highest BCUT2D eigenvalue weighted by Crippen LogP contribution is 2.20. The van der Waals surface area contributed by atoms with Crippen molar-refractivity contribution < 1.29 is 23.1 Å². The fourth-order valence-electron chi connectivity index (χ4n) is 1.03. The third-order valence-corrected chi connectivity index (χ3v) is 1.89.